The highest BCUT2D eigenvalue weighted by Crippen LogP contribution is 2.29. The highest BCUT2D eigenvalue weighted by atomic mass is 32.2. The van der Waals surface area contributed by atoms with Crippen LogP contribution in [0.25, 0.3) is 0 Å². The first-order valence-corrected chi connectivity index (χ1v) is 10.1. The van der Waals surface area contributed by atoms with Crippen LogP contribution in [-0.4, -0.2) is 21.1 Å². The molecule has 2 aromatic heterocycles. The Hall–Kier alpha value is -2.60. The lowest BCUT2D eigenvalue weighted by atomic mass is 9.97. The van der Waals surface area contributed by atoms with Crippen molar-refractivity contribution in [1.82, 2.24) is 9.55 Å². The van der Waals surface area contributed by atoms with E-state index in [4.69, 9.17) is 4.42 Å². The lowest BCUT2D eigenvalue weighted by molar-refractivity contribution is 0.102. The smallest absolute Gasteiger partial charge is 0.349 e. The van der Waals surface area contributed by atoms with Crippen molar-refractivity contribution in [3.8, 4) is 0 Å². The van der Waals surface area contributed by atoms with Crippen molar-refractivity contribution in [2.45, 2.75) is 37.3 Å². The van der Waals surface area contributed by atoms with Crippen LogP contribution in [0.1, 0.15) is 40.2 Å². The molecule has 1 aliphatic rings. The van der Waals surface area contributed by atoms with Gasteiger partial charge in [-0.3, -0.25) is 9.36 Å². The van der Waals surface area contributed by atoms with Crippen LogP contribution in [-0.2, 0) is 19.4 Å². The molecule has 1 aliphatic carbocycles. The number of carbonyl (C=O) groups excluding carboxylic acids is 1. The van der Waals surface area contributed by atoms with E-state index in [0.717, 1.165) is 42.7 Å². The molecule has 2 heterocycles. The van der Waals surface area contributed by atoms with Gasteiger partial charge >= 0.3 is 5.69 Å². The average Bonchev–Trinajstić information content (AvgIpc) is 3.22. The number of hydrogen-bond acceptors (Lipinski definition) is 5. The van der Waals surface area contributed by atoms with Crippen LogP contribution >= 0.6 is 11.8 Å². The van der Waals surface area contributed by atoms with E-state index in [9.17, 15) is 9.59 Å². The first kappa shape index (κ1) is 17.8. The van der Waals surface area contributed by atoms with Crippen LogP contribution in [0, 0.1) is 0 Å². The van der Waals surface area contributed by atoms with E-state index >= 15 is 0 Å². The number of benzene rings is 1. The van der Waals surface area contributed by atoms with Crippen molar-refractivity contribution in [2.75, 3.05) is 5.75 Å². The molecule has 0 bridgehead atoms. The Morgan fingerprint density at radius 3 is 2.70 bits per heavy atom. The number of furan rings is 1. The maximum atomic E-state index is 12.7. The van der Waals surface area contributed by atoms with E-state index in [1.54, 1.807) is 10.8 Å². The third-order valence-electron chi connectivity index (χ3n) is 4.78. The van der Waals surface area contributed by atoms with Gasteiger partial charge in [0.2, 0.25) is 0 Å². The summed E-state index contributed by atoms with van der Waals surface area (Å²) >= 11 is 1.37. The van der Waals surface area contributed by atoms with E-state index in [1.807, 2.05) is 42.5 Å². The number of fused-ring (bicyclic) bond motifs is 1. The van der Waals surface area contributed by atoms with Gasteiger partial charge in [0.1, 0.15) is 10.8 Å². The summed E-state index contributed by atoms with van der Waals surface area (Å²) in [7, 11) is 0. The normalized spacial score (nSPS) is 13.3. The molecule has 0 radical (unpaired) electrons. The first-order chi connectivity index (χ1) is 13.2. The van der Waals surface area contributed by atoms with Crippen molar-refractivity contribution < 1.29 is 9.21 Å². The number of hydrogen-bond donors (Lipinski definition) is 0. The zero-order valence-corrected chi connectivity index (χ0v) is 15.7. The van der Waals surface area contributed by atoms with Crippen molar-refractivity contribution in [1.29, 1.82) is 0 Å². The highest BCUT2D eigenvalue weighted by molar-refractivity contribution is 8.00. The van der Waals surface area contributed by atoms with Gasteiger partial charge in [0.15, 0.2) is 5.78 Å². The highest BCUT2D eigenvalue weighted by Gasteiger charge is 2.21. The van der Waals surface area contributed by atoms with Gasteiger partial charge in [-0.2, -0.15) is 4.98 Å². The Kier molecular flexibility index (Phi) is 5.25. The van der Waals surface area contributed by atoms with E-state index < -0.39 is 0 Å². The molecule has 6 heteroatoms. The van der Waals surface area contributed by atoms with Gasteiger partial charge in [0.05, 0.1) is 18.6 Å². The summed E-state index contributed by atoms with van der Waals surface area (Å²) in [5.74, 6) is 1.07. The first-order valence-electron chi connectivity index (χ1n) is 9.08. The second-order valence-corrected chi connectivity index (χ2v) is 7.54. The number of rotatable bonds is 6. The van der Waals surface area contributed by atoms with E-state index in [-0.39, 0.29) is 17.2 Å². The van der Waals surface area contributed by atoms with Crippen LogP contribution in [0.15, 0.2) is 63.0 Å². The minimum absolute atomic E-state index is 0.0479. The molecule has 0 unspecified atom stereocenters. The Labute approximate surface area is 161 Å². The second kappa shape index (κ2) is 7.96. The molecule has 0 amide bonds. The summed E-state index contributed by atoms with van der Waals surface area (Å²) in [5.41, 5.74) is 2.55. The third kappa shape index (κ3) is 3.90. The van der Waals surface area contributed by atoms with Gasteiger partial charge in [-0.1, -0.05) is 42.1 Å². The monoisotopic (exact) mass is 380 g/mol. The van der Waals surface area contributed by atoms with Gasteiger partial charge in [-0.25, -0.2) is 4.79 Å². The van der Waals surface area contributed by atoms with E-state index in [1.165, 1.54) is 11.8 Å². The molecule has 0 spiro atoms. The van der Waals surface area contributed by atoms with Crippen molar-refractivity contribution >= 4 is 17.5 Å². The molecule has 0 fully saturated rings. The van der Waals surface area contributed by atoms with Crippen LogP contribution in [0.2, 0.25) is 0 Å². The Bertz CT molecular complexity index is 994. The number of nitrogens with zero attached hydrogens (tertiary/aromatic N) is 2. The van der Waals surface area contributed by atoms with Gasteiger partial charge < -0.3 is 4.42 Å². The molecule has 138 valence electrons. The van der Waals surface area contributed by atoms with Crippen molar-refractivity contribution in [3.05, 3.63) is 81.8 Å². The van der Waals surface area contributed by atoms with E-state index in [0.29, 0.717) is 17.1 Å². The zero-order chi connectivity index (χ0) is 18.6. The Morgan fingerprint density at radius 1 is 1.11 bits per heavy atom. The molecule has 0 saturated heterocycles. The predicted molar refractivity (Wildman–Crippen MR) is 104 cm³/mol. The lowest BCUT2D eigenvalue weighted by Gasteiger charge is -2.22. The molecular weight excluding hydrogens is 360 g/mol. The fourth-order valence-electron chi connectivity index (χ4n) is 3.43. The van der Waals surface area contributed by atoms with Crippen LogP contribution in [0.4, 0.5) is 0 Å². The van der Waals surface area contributed by atoms with Crippen LogP contribution in [0.5, 0.6) is 0 Å². The number of thioether (sulfide) groups is 1. The van der Waals surface area contributed by atoms with Gasteiger partial charge in [-0.05, 0) is 37.8 Å². The van der Waals surface area contributed by atoms with Crippen LogP contribution < -0.4 is 5.69 Å². The Balaban J connectivity index is 1.61. The summed E-state index contributed by atoms with van der Waals surface area (Å²) in [6.45, 7) is 0.398. The molecule has 1 aromatic carbocycles. The largest absolute Gasteiger partial charge is 0.467 e. The fraction of sp³-hybridized carbons (Fsp3) is 0.286. The fourth-order valence-corrected chi connectivity index (χ4v) is 4.40. The second-order valence-electron chi connectivity index (χ2n) is 6.58. The molecule has 0 N–H and O–H groups in total. The van der Waals surface area contributed by atoms with Crippen LogP contribution in [0.3, 0.4) is 0 Å². The number of carbonyl (C=O) groups is 1. The molecule has 4 rings (SSSR count). The summed E-state index contributed by atoms with van der Waals surface area (Å²) in [4.78, 5) is 29.4. The van der Waals surface area contributed by atoms with Crippen molar-refractivity contribution in [2.24, 2.45) is 0 Å². The minimum atomic E-state index is -0.276. The topological polar surface area (TPSA) is 65.1 Å². The van der Waals surface area contributed by atoms with Crippen molar-refractivity contribution in [3.63, 3.8) is 0 Å². The molecule has 5 nitrogen and oxygen atoms in total. The average molecular weight is 380 g/mol. The molecular formula is C21H20N2O3S. The zero-order valence-electron chi connectivity index (χ0n) is 14.9. The summed E-state index contributed by atoms with van der Waals surface area (Å²) in [6.07, 6.45) is 5.49. The minimum Gasteiger partial charge on any atom is -0.467 e. The van der Waals surface area contributed by atoms with Gasteiger partial charge in [-0.15, -0.1) is 0 Å². The summed E-state index contributed by atoms with van der Waals surface area (Å²) in [6, 6.07) is 12.9. The summed E-state index contributed by atoms with van der Waals surface area (Å²) < 4.78 is 7.12. The maximum absolute atomic E-state index is 12.7. The predicted octanol–water partition coefficient (Wildman–Crippen LogP) is 3.74. The molecule has 0 saturated carbocycles. The third-order valence-corrected chi connectivity index (χ3v) is 5.80. The molecule has 0 aliphatic heterocycles. The van der Waals surface area contributed by atoms with Gasteiger partial charge in [0.25, 0.3) is 0 Å². The van der Waals surface area contributed by atoms with E-state index in [2.05, 4.69) is 4.98 Å². The standard InChI is InChI=1S/C21H20N2O3S/c24-19(15-7-2-1-3-8-15)14-27-20-17-10-4-5-11-18(17)23(21(25)22-20)13-16-9-6-12-26-16/h1-3,6-9,12H,4-5,10-11,13-14H2. The quantitative estimate of drug-likeness (QED) is 0.370. The van der Waals surface area contributed by atoms with Gasteiger partial charge in [0, 0.05) is 16.8 Å². The molecule has 3 aromatic rings. The number of ketones is 1. The lowest BCUT2D eigenvalue weighted by Crippen LogP contribution is -2.30. The molecule has 27 heavy (non-hydrogen) atoms. The molecule has 0 atom stereocenters. The maximum Gasteiger partial charge on any atom is 0.349 e. The SMILES string of the molecule is O=C(CSc1nc(=O)n(Cc2ccco2)c2c1CCCC2)c1ccccc1. The summed E-state index contributed by atoms with van der Waals surface area (Å²) in [5, 5.41) is 0.703. The Morgan fingerprint density at radius 2 is 1.93 bits per heavy atom. The number of aromatic nitrogens is 2. The number of Topliss-reactive ketones (excluding diaryl/α,β-unsaturated/α-hetero) is 1.